The minimum Gasteiger partial charge on any atom is -0.227 e. The van der Waals surface area contributed by atoms with Crippen LogP contribution in [0, 0.1) is 18.8 Å². The summed E-state index contributed by atoms with van der Waals surface area (Å²) < 4.78 is 38.2. The first-order valence-electron chi connectivity index (χ1n) is 6.49. The Hall–Kier alpha value is -1.23. The molecule has 19 heavy (non-hydrogen) atoms. The third-order valence-electron chi connectivity index (χ3n) is 3.38. The maximum absolute atomic E-state index is 13.6. The van der Waals surface area contributed by atoms with Gasteiger partial charge in [0.05, 0.1) is 5.75 Å². The first kappa shape index (κ1) is 14.2. The quantitative estimate of drug-likeness (QED) is 0.632. The van der Waals surface area contributed by atoms with E-state index < -0.39 is 15.8 Å². The second-order valence-corrected chi connectivity index (χ2v) is 7.08. The summed E-state index contributed by atoms with van der Waals surface area (Å²) in [5.41, 5.74) is 0.655. The van der Waals surface area contributed by atoms with Crippen molar-refractivity contribution in [2.75, 3.05) is 5.75 Å². The normalized spacial score (nSPS) is 17.4. The van der Waals surface area contributed by atoms with Crippen molar-refractivity contribution in [1.82, 2.24) is 4.98 Å². The van der Waals surface area contributed by atoms with Gasteiger partial charge < -0.3 is 0 Å². The maximum atomic E-state index is 13.6. The third-order valence-corrected chi connectivity index (χ3v) is 5.25. The lowest BCUT2D eigenvalue weighted by Crippen LogP contribution is -2.18. The molecule has 0 spiro atoms. The second kappa shape index (κ2) is 5.82. The number of pyridine rings is 1. The fourth-order valence-corrected chi connectivity index (χ4v) is 4.16. The molecule has 5 heteroatoms. The summed E-state index contributed by atoms with van der Waals surface area (Å²) in [4.78, 5) is 3.24. The van der Waals surface area contributed by atoms with Crippen LogP contribution in [0.2, 0.25) is 0 Å². The van der Waals surface area contributed by atoms with Crippen LogP contribution < -0.4 is 0 Å². The molecule has 0 N–H and O–H groups in total. The number of aromatic nitrogens is 1. The predicted molar refractivity (Wildman–Crippen MR) is 72.1 cm³/mol. The molecule has 2 rings (SSSR count). The highest BCUT2D eigenvalue weighted by atomic mass is 32.2. The van der Waals surface area contributed by atoms with Gasteiger partial charge in [0.2, 0.25) is 5.95 Å². The van der Waals surface area contributed by atoms with E-state index in [4.69, 9.17) is 0 Å². The molecule has 0 bridgehead atoms. The van der Waals surface area contributed by atoms with Crippen LogP contribution in [0.5, 0.6) is 0 Å². The highest BCUT2D eigenvalue weighted by Crippen LogP contribution is 2.24. The van der Waals surface area contributed by atoms with E-state index in [1.165, 1.54) is 12.3 Å². The fraction of sp³-hybridized carbons (Fsp3) is 0.500. The summed E-state index contributed by atoms with van der Waals surface area (Å²) in [6.07, 6.45) is 8.99. The zero-order chi connectivity index (χ0) is 13.9. The molecular formula is C14H18FNO2S. The van der Waals surface area contributed by atoms with E-state index in [0.717, 1.165) is 25.7 Å². The zero-order valence-electron chi connectivity index (χ0n) is 11.0. The molecule has 1 heterocycles. The van der Waals surface area contributed by atoms with E-state index >= 15 is 0 Å². The average molecular weight is 283 g/mol. The molecule has 0 aromatic carbocycles. The third kappa shape index (κ3) is 3.62. The Balaban J connectivity index is 2.20. The van der Waals surface area contributed by atoms with Crippen LogP contribution in [0.3, 0.4) is 0 Å². The van der Waals surface area contributed by atoms with Crippen LogP contribution in [0.25, 0.3) is 0 Å². The van der Waals surface area contributed by atoms with E-state index in [-0.39, 0.29) is 16.6 Å². The molecule has 0 aliphatic heterocycles. The lowest BCUT2D eigenvalue weighted by atomic mass is 10.0. The number of hydrogen-bond acceptors (Lipinski definition) is 3. The summed E-state index contributed by atoms with van der Waals surface area (Å²) in [6.45, 7) is 1.71. The highest BCUT2D eigenvalue weighted by Gasteiger charge is 2.25. The summed E-state index contributed by atoms with van der Waals surface area (Å²) in [5.74, 6) is -0.784. The minimum absolute atomic E-state index is 0.0106. The Morgan fingerprint density at radius 2 is 1.95 bits per heavy atom. The summed E-state index contributed by atoms with van der Waals surface area (Å²) in [5, 5.41) is 0. The molecule has 3 nitrogen and oxygen atoms in total. The van der Waals surface area contributed by atoms with Gasteiger partial charge >= 0.3 is 0 Å². The first-order valence-corrected chi connectivity index (χ1v) is 8.14. The van der Waals surface area contributed by atoms with E-state index in [1.54, 1.807) is 6.92 Å². The van der Waals surface area contributed by atoms with Crippen LogP contribution in [0.15, 0.2) is 29.3 Å². The van der Waals surface area contributed by atoms with Gasteiger partial charge in [0.1, 0.15) is 4.90 Å². The summed E-state index contributed by atoms with van der Waals surface area (Å²) in [7, 11) is -3.59. The van der Waals surface area contributed by atoms with Gasteiger partial charge in [-0.3, -0.25) is 0 Å². The highest BCUT2D eigenvalue weighted by molar-refractivity contribution is 7.91. The Labute approximate surface area is 113 Å². The Morgan fingerprint density at radius 1 is 1.32 bits per heavy atom. The number of nitrogens with zero attached hydrogens (tertiary/aromatic N) is 1. The SMILES string of the molecule is Cc1cnc(F)c(S(=O)(=O)CC2CCC=CCC2)c1. The Kier molecular flexibility index (Phi) is 4.34. The van der Waals surface area contributed by atoms with E-state index in [1.807, 2.05) is 0 Å². The number of halogens is 1. The summed E-state index contributed by atoms with van der Waals surface area (Å²) >= 11 is 0. The van der Waals surface area contributed by atoms with Crippen molar-refractivity contribution < 1.29 is 12.8 Å². The van der Waals surface area contributed by atoms with Gasteiger partial charge in [0.25, 0.3) is 0 Å². The summed E-state index contributed by atoms with van der Waals surface area (Å²) in [6, 6.07) is 1.37. The first-order chi connectivity index (χ1) is 8.99. The van der Waals surface area contributed by atoms with Crippen LogP contribution in [0.4, 0.5) is 4.39 Å². The van der Waals surface area contributed by atoms with Gasteiger partial charge in [-0.25, -0.2) is 13.4 Å². The molecule has 0 unspecified atom stereocenters. The molecule has 1 aromatic heterocycles. The van der Waals surface area contributed by atoms with E-state index in [9.17, 15) is 12.8 Å². The van der Waals surface area contributed by atoms with Gasteiger partial charge in [-0.1, -0.05) is 12.2 Å². The fourth-order valence-electron chi connectivity index (χ4n) is 2.35. The second-order valence-electron chi connectivity index (χ2n) is 5.08. The van der Waals surface area contributed by atoms with Crippen LogP contribution in [-0.2, 0) is 9.84 Å². The van der Waals surface area contributed by atoms with Gasteiger partial charge in [-0.2, -0.15) is 4.39 Å². The van der Waals surface area contributed by atoms with Gasteiger partial charge in [0.15, 0.2) is 9.84 Å². The van der Waals surface area contributed by atoms with Crippen molar-refractivity contribution in [3.8, 4) is 0 Å². The zero-order valence-corrected chi connectivity index (χ0v) is 11.8. The van der Waals surface area contributed by atoms with Crippen molar-refractivity contribution in [2.24, 2.45) is 5.92 Å². The topological polar surface area (TPSA) is 47.0 Å². The molecule has 0 saturated heterocycles. The van der Waals surface area contributed by atoms with Crippen molar-refractivity contribution in [3.05, 3.63) is 35.9 Å². The average Bonchev–Trinajstić information content (AvgIpc) is 2.60. The molecule has 1 aliphatic carbocycles. The number of hydrogen-bond donors (Lipinski definition) is 0. The standard InChI is InChI=1S/C14H18FNO2S/c1-11-8-13(14(15)16-9-11)19(17,18)10-12-6-4-2-3-5-7-12/h2-3,8-9,12H,4-7,10H2,1H3. The lowest BCUT2D eigenvalue weighted by molar-refractivity contribution is 0.494. The maximum Gasteiger partial charge on any atom is 0.231 e. The van der Waals surface area contributed by atoms with Crippen molar-refractivity contribution in [3.63, 3.8) is 0 Å². The largest absolute Gasteiger partial charge is 0.231 e. The Bertz CT molecular complexity index is 571. The molecular weight excluding hydrogens is 265 g/mol. The molecule has 0 atom stereocenters. The van der Waals surface area contributed by atoms with E-state index in [2.05, 4.69) is 17.1 Å². The number of aryl methyl sites for hydroxylation is 1. The van der Waals surface area contributed by atoms with Gasteiger partial charge in [0, 0.05) is 6.20 Å². The number of allylic oxidation sites excluding steroid dienone is 2. The number of rotatable bonds is 3. The molecule has 0 amide bonds. The van der Waals surface area contributed by atoms with Crippen molar-refractivity contribution in [1.29, 1.82) is 0 Å². The molecule has 0 saturated carbocycles. The van der Waals surface area contributed by atoms with Crippen LogP contribution >= 0.6 is 0 Å². The molecule has 0 fully saturated rings. The molecule has 104 valence electrons. The lowest BCUT2D eigenvalue weighted by Gasteiger charge is -2.14. The Morgan fingerprint density at radius 3 is 2.58 bits per heavy atom. The monoisotopic (exact) mass is 283 g/mol. The van der Waals surface area contributed by atoms with Gasteiger partial charge in [-0.15, -0.1) is 0 Å². The molecule has 1 aliphatic rings. The molecule has 1 aromatic rings. The molecule has 0 radical (unpaired) electrons. The van der Waals surface area contributed by atoms with Crippen LogP contribution in [-0.4, -0.2) is 19.2 Å². The van der Waals surface area contributed by atoms with Crippen LogP contribution in [0.1, 0.15) is 31.2 Å². The van der Waals surface area contributed by atoms with Crippen molar-refractivity contribution >= 4 is 9.84 Å². The predicted octanol–water partition coefficient (Wildman–Crippen LogP) is 3.05. The van der Waals surface area contributed by atoms with Gasteiger partial charge in [-0.05, 0) is 50.2 Å². The van der Waals surface area contributed by atoms with Crippen molar-refractivity contribution in [2.45, 2.75) is 37.5 Å². The number of sulfone groups is 1. The smallest absolute Gasteiger partial charge is 0.227 e. The van der Waals surface area contributed by atoms with E-state index in [0.29, 0.717) is 5.56 Å². The minimum atomic E-state index is -3.59.